The van der Waals surface area contributed by atoms with Crippen molar-refractivity contribution in [3.8, 4) is 11.1 Å². The SMILES string of the molecule is CCC(CO)NC(=O)CCNc1ncnc2scc(-c3ccccc3)c12. The summed E-state index contributed by atoms with van der Waals surface area (Å²) in [6, 6.07) is 9.94. The average molecular weight is 370 g/mol. The predicted octanol–water partition coefficient (Wildman–Crippen LogP) is 3.05. The summed E-state index contributed by atoms with van der Waals surface area (Å²) in [4.78, 5) is 21.6. The number of aliphatic hydroxyl groups excluding tert-OH is 1. The predicted molar refractivity (Wildman–Crippen MR) is 105 cm³/mol. The third-order valence-electron chi connectivity index (χ3n) is 4.18. The standard InChI is InChI=1S/C19H22N4O2S/c1-2-14(10-24)23-16(25)8-9-20-18-17-15(13-6-4-3-5-7-13)11-26-19(17)22-12-21-18/h3-7,11-12,14,24H,2,8-10H2,1H3,(H,23,25)(H,20,21,22). The van der Waals surface area contributed by atoms with Gasteiger partial charge in [-0.1, -0.05) is 37.3 Å². The number of carbonyl (C=O) groups excluding carboxylic acids is 1. The summed E-state index contributed by atoms with van der Waals surface area (Å²) < 4.78 is 0. The Bertz CT molecular complexity index is 862. The molecule has 3 N–H and O–H groups in total. The summed E-state index contributed by atoms with van der Waals surface area (Å²) in [5, 5.41) is 18.3. The molecule has 3 rings (SSSR count). The number of rotatable bonds is 8. The fourth-order valence-electron chi connectivity index (χ4n) is 2.71. The van der Waals surface area contributed by atoms with E-state index in [1.807, 2.05) is 25.1 Å². The number of hydrogen-bond acceptors (Lipinski definition) is 6. The molecule has 0 fully saturated rings. The van der Waals surface area contributed by atoms with E-state index in [2.05, 4.69) is 38.1 Å². The van der Waals surface area contributed by atoms with Crippen molar-refractivity contribution in [1.82, 2.24) is 15.3 Å². The average Bonchev–Trinajstić information content (AvgIpc) is 3.12. The Balaban J connectivity index is 1.72. The first kappa shape index (κ1) is 18.3. The van der Waals surface area contributed by atoms with Crippen LogP contribution in [0.15, 0.2) is 42.0 Å². The molecule has 1 unspecified atom stereocenters. The molecular weight excluding hydrogens is 348 g/mol. The van der Waals surface area contributed by atoms with Crippen molar-refractivity contribution in [2.75, 3.05) is 18.5 Å². The normalized spacial score (nSPS) is 12.1. The fourth-order valence-corrected chi connectivity index (χ4v) is 3.63. The van der Waals surface area contributed by atoms with Gasteiger partial charge in [0.2, 0.25) is 5.91 Å². The van der Waals surface area contributed by atoms with Gasteiger partial charge >= 0.3 is 0 Å². The Morgan fingerprint density at radius 2 is 2.08 bits per heavy atom. The molecule has 6 nitrogen and oxygen atoms in total. The van der Waals surface area contributed by atoms with Gasteiger partial charge in [-0.15, -0.1) is 11.3 Å². The highest BCUT2D eigenvalue weighted by atomic mass is 32.1. The summed E-state index contributed by atoms with van der Waals surface area (Å²) >= 11 is 1.58. The summed E-state index contributed by atoms with van der Waals surface area (Å²) in [5.74, 6) is 0.648. The van der Waals surface area contributed by atoms with E-state index in [9.17, 15) is 4.79 Å². The fraction of sp³-hybridized carbons (Fsp3) is 0.316. The maximum Gasteiger partial charge on any atom is 0.222 e. The van der Waals surface area contributed by atoms with Crippen LogP contribution < -0.4 is 10.6 Å². The zero-order valence-electron chi connectivity index (χ0n) is 14.6. The van der Waals surface area contributed by atoms with Gasteiger partial charge in [0, 0.05) is 23.9 Å². The van der Waals surface area contributed by atoms with Gasteiger partial charge in [-0.05, 0) is 12.0 Å². The molecule has 0 aliphatic rings. The van der Waals surface area contributed by atoms with Crippen LogP contribution in [0.25, 0.3) is 21.3 Å². The minimum atomic E-state index is -0.185. The number of hydrogen-bond donors (Lipinski definition) is 3. The van der Waals surface area contributed by atoms with Crippen molar-refractivity contribution in [3.63, 3.8) is 0 Å². The molecular formula is C19H22N4O2S. The van der Waals surface area contributed by atoms with Crippen LogP contribution in [0.4, 0.5) is 5.82 Å². The molecule has 0 aliphatic carbocycles. The van der Waals surface area contributed by atoms with Crippen molar-refractivity contribution in [2.24, 2.45) is 0 Å². The quantitative estimate of drug-likeness (QED) is 0.567. The Labute approximate surface area is 156 Å². The van der Waals surface area contributed by atoms with Gasteiger partial charge in [-0.25, -0.2) is 9.97 Å². The summed E-state index contributed by atoms with van der Waals surface area (Å²) in [6.07, 6.45) is 2.55. The first-order valence-electron chi connectivity index (χ1n) is 8.64. The minimum Gasteiger partial charge on any atom is -0.394 e. The minimum absolute atomic E-state index is 0.0441. The zero-order chi connectivity index (χ0) is 18.4. The second-order valence-electron chi connectivity index (χ2n) is 5.95. The van der Waals surface area contributed by atoms with E-state index in [0.717, 1.165) is 27.2 Å². The molecule has 0 saturated heterocycles. The van der Waals surface area contributed by atoms with E-state index in [0.29, 0.717) is 19.4 Å². The van der Waals surface area contributed by atoms with Crippen molar-refractivity contribution in [1.29, 1.82) is 0 Å². The molecule has 0 radical (unpaired) electrons. The summed E-state index contributed by atoms with van der Waals surface area (Å²) in [5.41, 5.74) is 2.20. The van der Waals surface area contributed by atoms with Crippen LogP contribution in [-0.2, 0) is 4.79 Å². The number of aliphatic hydroxyl groups is 1. The van der Waals surface area contributed by atoms with Crippen LogP contribution >= 0.6 is 11.3 Å². The van der Waals surface area contributed by atoms with Gasteiger partial charge in [0.15, 0.2) is 0 Å². The smallest absolute Gasteiger partial charge is 0.222 e. The Hall–Kier alpha value is -2.51. The lowest BCUT2D eigenvalue weighted by Gasteiger charge is -2.14. The van der Waals surface area contributed by atoms with Crippen LogP contribution in [0.5, 0.6) is 0 Å². The molecule has 26 heavy (non-hydrogen) atoms. The van der Waals surface area contributed by atoms with Crippen molar-refractivity contribution in [2.45, 2.75) is 25.8 Å². The van der Waals surface area contributed by atoms with E-state index < -0.39 is 0 Å². The molecule has 1 aromatic carbocycles. The second-order valence-corrected chi connectivity index (χ2v) is 6.81. The highest BCUT2D eigenvalue weighted by molar-refractivity contribution is 7.17. The van der Waals surface area contributed by atoms with Crippen LogP contribution in [0.2, 0.25) is 0 Å². The van der Waals surface area contributed by atoms with Gasteiger partial charge in [-0.3, -0.25) is 4.79 Å². The van der Waals surface area contributed by atoms with Gasteiger partial charge in [-0.2, -0.15) is 0 Å². The number of benzene rings is 1. The molecule has 0 spiro atoms. The number of carbonyl (C=O) groups is 1. The van der Waals surface area contributed by atoms with Crippen molar-refractivity contribution < 1.29 is 9.90 Å². The molecule has 1 atom stereocenters. The van der Waals surface area contributed by atoms with Crippen LogP contribution in [-0.4, -0.2) is 40.2 Å². The van der Waals surface area contributed by atoms with Gasteiger partial charge < -0.3 is 15.7 Å². The van der Waals surface area contributed by atoms with Crippen LogP contribution in [0.3, 0.4) is 0 Å². The lowest BCUT2D eigenvalue weighted by atomic mass is 10.1. The van der Waals surface area contributed by atoms with E-state index in [1.165, 1.54) is 6.33 Å². The molecule has 2 aromatic heterocycles. The molecule has 0 bridgehead atoms. The van der Waals surface area contributed by atoms with E-state index in [4.69, 9.17) is 5.11 Å². The third kappa shape index (κ3) is 4.17. The molecule has 7 heteroatoms. The lowest BCUT2D eigenvalue weighted by molar-refractivity contribution is -0.121. The number of nitrogens with zero attached hydrogens (tertiary/aromatic N) is 2. The van der Waals surface area contributed by atoms with Crippen LogP contribution in [0.1, 0.15) is 19.8 Å². The van der Waals surface area contributed by atoms with E-state index in [1.54, 1.807) is 11.3 Å². The molecule has 3 aromatic rings. The Morgan fingerprint density at radius 3 is 2.81 bits per heavy atom. The van der Waals surface area contributed by atoms with E-state index >= 15 is 0 Å². The highest BCUT2D eigenvalue weighted by Crippen LogP contribution is 2.36. The molecule has 136 valence electrons. The Morgan fingerprint density at radius 1 is 1.27 bits per heavy atom. The zero-order valence-corrected chi connectivity index (χ0v) is 15.4. The Kier molecular flexibility index (Phi) is 6.14. The van der Waals surface area contributed by atoms with Gasteiger partial charge in [0.25, 0.3) is 0 Å². The summed E-state index contributed by atoms with van der Waals surface area (Å²) in [6.45, 7) is 2.35. The summed E-state index contributed by atoms with van der Waals surface area (Å²) in [7, 11) is 0. The number of aromatic nitrogens is 2. The number of thiophene rings is 1. The largest absolute Gasteiger partial charge is 0.394 e. The third-order valence-corrected chi connectivity index (χ3v) is 5.06. The molecule has 2 heterocycles. The molecule has 0 aliphatic heterocycles. The maximum absolute atomic E-state index is 12.0. The highest BCUT2D eigenvalue weighted by Gasteiger charge is 2.13. The number of amides is 1. The maximum atomic E-state index is 12.0. The second kappa shape index (κ2) is 8.73. The van der Waals surface area contributed by atoms with Crippen LogP contribution in [0, 0.1) is 0 Å². The van der Waals surface area contributed by atoms with Crippen molar-refractivity contribution >= 4 is 33.3 Å². The van der Waals surface area contributed by atoms with Gasteiger partial charge in [0.1, 0.15) is 17.0 Å². The van der Waals surface area contributed by atoms with Gasteiger partial charge in [0.05, 0.1) is 18.0 Å². The molecule has 0 saturated carbocycles. The number of fused-ring (bicyclic) bond motifs is 1. The lowest BCUT2D eigenvalue weighted by Crippen LogP contribution is -2.37. The van der Waals surface area contributed by atoms with Crippen molar-refractivity contribution in [3.05, 3.63) is 42.0 Å². The number of anilines is 1. The monoisotopic (exact) mass is 370 g/mol. The number of nitrogens with one attached hydrogen (secondary N) is 2. The topological polar surface area (TPSA) is 87.1 Å². The molecule has 1 amide bonds. The first-order valence-corrected chi connectivity index (χ1v) is 9.52. The first-order chi connectivity index (χ1) is 12.7. The van der Waals surface area contributed by atoms with E-state index in [-0.39, 0.29) is 18.6 Å².